The van der Waals surface area contributed by atoms with Gasteiger partial charge in [0.2, 0.25) is 0 Å². The molecule has 1 aliphatic carbocycles. The molecule has 1 aromatic heterocycles. The molecule has 1 heterocycles. The van der Waals surface area contributed by atoms with Crippen molar-refractivity contribution >= 4 is 28.5 Å². The molecule has 1 unspecified atom stereocenters. The van der Waals surface area contributed by atoms with Crippen LogP contribution < -0.4 is 5.32 Å². The monoisotopic (exact) mass is 473 g/mol. The number of carboxylic acids is 1. The van der Waals surface area contributed by atoms with Crippen molar-refractivity contribution in [2.75, 3.05) is 18.9 Å². The summed E-state index contributed by atoms with van der Waals surface area (Å²) >= 11 is 0. The fourth-order valence-corrected chi connectivity index (χ4v) is 4.94. The minimum atomic E-state index is -0.928. The zero-order valence-electron chi connectivity index (χ0n) is 20.2. The van der Waals surface area contributed by atoms with Crippen LogP contribution in [0, 0.1) is 24.2 Å². The van der Waals surface area contributed by atoms with Crippen LogP contribution in [0.2, 0.25) is 0 Å². The maximum Gasteiger partial charge on any atom is 0.305 e. The van der Waals surface area contributed by atoms with E-state index < -0.39 is 5.97 Å². The van der Waals surface area contributed by atoms with Crippen LogP contribution in [0.3, 0.4) is 0 Å². The van der Waals surface area contributed by atoms with Gasteiger partial charge in [0.1, 0.15) is 11.3 Å². The molecule has 182 valence electrons. The number of benzene rings is 2. The van der Waals surface area contributed by atoms with E-state index in [0.29, 0.717) is 17.0 Å². The van der Waals surface area contributed by atoms with E-state index >= 15 is 0 Å². The summed E-state index contributed by atoms with van der Waals surface area (Å²) in [7, 11) is 1.61. The molecule has 0 saturated heterocycles. The molecular weight excluding hydrogens is 442 g/mol. The molecule has 1 saturated carbocycles. The Labute approximate surface area is 205 Å². The molecule has 35 heavy (non-hydrogen) atoms. The lowest BCUT2D eigenvalue weighted by molar-refractivity contribution is -0.137. The topological polar surface area (TPSA) is 107 Å². The van der Waals surface area contributed by atoms with E-state index in [1.807, 2.05) is 24.3 Å². The van der Waals surface area contributed by atoms with Gasteiger partial charge in [0.05, 0.1) is 24.1 Å². The second kappa shape index (κ2) is 10.6. The fraction of sp³-hybridized carbons (Fsp3) is 0.393. The van der Waals surface area contributed by atoms with Gasteiger partial charge in [-0.2, -0.15) is 5.26 Å². The zero-order valence-corrected chi connectivity index (χ0v) is 20.2. The second-order valence-electron chi connectivity index (χ2n) is 9.38. The highest BCUT2D eigenvalue weighted by Crippen LogP contribution is 2.41. The molecule has 1 fully saturated rings. The predicted molar refractivity (Wildman–Crippen MR) is 134 cm³/mol. The van der Waals surface area contributed by atoms with Crippen LogP contribution in [0.4, 0.5) is 5.69 Å². The quantitative estimate of drug-likeness (QED) is 0.422. The number of carbonyl (C=O) groups is 2. The Morgan fingerprint density at radius 2 is 1.89 bits per heavy atom. The molecule has 1 amide bonds. The Bertz CT molecular complexity index is 1250. The van der Waals surface area contributed by atoms with Crippen molar-refractivity contribution in [3.8, 4) is 6.07 Å². The first-order valence-corrected chi connectivity index (χ1v) is 12.1. The van der Waals surface area contributed by atoms with E-state index in [0.717, 1.165) is 40.8 Å². The van der Waals surface area contributed by atoms with Crippen molar-refractivity contribution in [2.45, 2.75) is 51.5 Å². The summed E-state index contributed by atoms with van der Waals surface area (Å²) in [5.41, 5.74) is 3.85. The lowest BCUT2D eigenvalue weighted by Gasteiger charge is -2.31. The average Bonchev–Trinajstić information content (AvgIpc) is 3.21. The van der Waals surface area contributed by atoms with Gasteiger partial charge in [-0.05, 0) is 68.1 Å². The normalized spacial score (nSPS) is 14.9. The molecule has 0 radical (unpaired) electrons. The van der Waals surface area contributed by atoms with Gasteiger partial charge in [0, 0.05) is 35.8 Å². The molecule has 7 heteroatoms. The third-order valence-corrected chi connectivity index (χ3v) is 6.97. The van der Waals surface area contributed by atoms with Gasteiger partial charge in [-0.3, -0.25) is 9.59 Å². The van der Waals surface area contributed by atoms with Gasteiger partial charge < -0.3 is 19.7 Å². The summed E-state index contributed by atoms with van der Waals surface area (Å²) in [4.78, 5) is 24.9. The van der Waals surface area contributed by atoms with Crippen LogP contribution in [-0.2, 0) is 4.79 Å². The average molecular weight is 474 g/mol. The summed E-state index contributed by atoms with van der Waals surface area (Å²) in [6.45, 7) is 2.21. The molecule has 0 spiro atoms. The van der Waals surface area contributed by atoms with Crippen molar-refractivity contribution in [3.63, 3.8) is 0 Å². The van der Waals surface area contributed by atoms with Gasteiger partial charge in [-0.25, -0.2) is 0 Å². The van der Waals surface area contributed by atoms with Gasteiger partial charge in [0.15, 0.2) is 0 Å². The molecule has 7 nitrogen and oxygen atoms in total. The summed E-state index contributed by atoms with van der Waals surface area (Å²) in [5.74, 6) is 0.184. The zero-order chi connectivity index (χ0) is 24.9. The molecule has 0 aliphatic heterocycles. The number of carboxylic acid groups (broad SMARTS) is 1. The highest BCUT2D eigenvalue weighted by Gasteiger charge is 2.30. The maximum atomic E-state index is 12.6. The van der Waals surface area contributed by atoms with Gasteiger partial charge in [-0.1, -0.05) is 19.3 Å². The number of aliphatic carboxylic acids is 1. The van der Waals surface area contributed by atoms with E-state index in [1.165, 1.54) is 24.2 Å². The number of nitrogens with one attached hydrogen (secondary N) is 1. The van der Waals surface area contributed by atoms with E-state index in [4.69, 9.17) is 9.52 Å². The number of carbonyl (C=O) groups excluding carboxylic acids is 1. The fourth-order valence-electron chi connectivity index (χ4n) is 4.94. The number of amides is 1. The first kappa shape index (κ1) is 24.3. The van der Waals surface area contributed by atoms with Crippen LogP contribution >= 0.6 is 0 Å². The summed E-state index contributed by atoms with van der Waals surface area (Å²) in [6.07, 6.45) is 5.77. The summed E-state index contributed by atoms with van der Waals surface area (Å²) in [6, 6.07) is 15.0. The number of aryl methyl sites for hydroxylation is 1. The number of hydrogen-bond acceptors (Lipinski definition) is 5. The molecule has 1 atom stereocenters. The van der Waals surface area contributed by atoms with Crippen LogP contribution in [0.25, 0.3) is 11.0 Å². The van der Waals surface area contributed by atoms with E-state index in [9.17, 15) is 14.9 Å². The number of nitrogens with zero attached hydrogens (tertiary/aromatic N) is 2. The summed E-state index contributed by atoms with van der Waals surface area (Å²) < 4.78 is 6.34. The third kappa shape index (κ3) is 5.48. The minimum absolute atomic E-state index is 0.0203. The smallest absolute Gasteiger partial charge is 0.305 e. The molecule has 3 aromatic rings. The van der Waals surface area contributed by atoms with Gasteiger partial charge in [0.25, 0.3) is 5.91 Å². The molecule has 1 aliphatic rings. The van der Waals surface area contributed by atoms with E-state index in [-0.39, 0.29) is 24.9 Å². The standard InChI is InChI=1S/C28H31N3O4/c1-18-23-16-19(17-29)8-13-24(23)35-27(18)26(20-6-4-3-5-7-20)30-22-11-9-21(10-12-22)28(34)31(2)15-14-25(32)33/h8-13,16,20,26,30H,3-7,14-15H2,1-2H3,(H,32,33). The molecule has 4 rings (SSSR count). The molecule has 2 aromatic carbocycles. The van der Waals surface area contributed by atoms with E-state index in [2.05, 4.69) is 18.3 Å². The number of anilines is 1. The second-order valence-corrected chi connectivity index (χ2v) is 9.38. The van der Waals surface area contributed by atoms with Crippen LogP contribution in [-0.4, -0.2) is 35.5 Å². The summed E-state index contributed by atoms with van der Waals surface area (Å²) in [5, 5.41) is 22.8. The Kier molecular flexibility index (Phi) is 7.40. The largest absolute Gasteiger partial charge is 0.481 e. The number of fused-ring (bicyclic) bond motifs is 1. The molecular formula is C28H31N3O4. The first-order chi connectivity index (χ1) is 16.9. The van der Waals surface area contributed by atoms with Crippen LogP contribution in [0.1, 0.15) is 71.8 Å². The van der Waals surface area contributed by atoms with Crippen molar-refractivity contribution in [1.82, 2.24) is 4.90 Å². The number of furan rings is 1. The Morgan fingerprint density at radius 3 is 2.54 bits per heavy atom. The van der Waals surface area contributed by atoms with Crippen molar-refractivity contribution in [3.05, 3.63) is 64.9 Å². The predicted octanol–water partition coefficient (Wildman–Crippen LogP) is 5.89. The van der Waals surface area contributed by atoms with Crippen LogP contribution in [0.5, 0.6) is 0 Å². The lowest BCUT2D eigenvalue weighted by atomic mass is 9.82. The first-order valence-electron chi connectivity index (χ1n) is 12.1. The molecule has 0 bridgehead atoms. The Balaban J connectivity index is 1.59. The number of rotatable bonds is 8. The SMILES string of the molecule is Cc1c(C(Nc2ccc(C(=O)N(C)CCC(=O)O)cc2)C2CCCCC2)oc2ccc(C#N)cc12. The van der Waals surface area contributed by atoms with Crippen molar-refractivity contribution in [2.24, 2.45) is 5.92 Å². The number of hydrogen-bond donors (Lipinski definition) is 2. The Morgan fingerprint density at radius 1 is 1.17 bits per heavy atom. The highest BCUT2D eigenvalue weighted by atomic mass is 16.4. The lowest BCUT2D eigenvalue weighted by Crippen LogP contribution is -2.29. The van der Waals surface area contributed by atoms with E-state index in [1.54, 1.807) is 25.2 Å². The maximum absolute atomic E-state index is 12.6. The molecule has 2 N–H and O–H groups in total. The third-order valence-electron chi connectivity index (χ3n) is 6.97. The highest BCUT2D eigenvalue weighted by molar-refractivity contribution is 5.94. The van der Waals surface area contributed by atoms with Gasteiger partial charge in [-0.15, -0.1) is 0 Å². The van der Waals surface area contributed by atoms with Crippen LogP contribution in [0.15, 0.2) is 46.9 Å². The minimum Gasteiger partial charge on any atom is -0.481 e. The Hall–Kier alpha value is -3.79. The van der Waals surface area contributed by atoms with Crippen molar-refractivity contribution in [1.29, 1.82) is 5.26 Å². The number of nitriles is 1. The van der Waals surface area contributed by atoms with Gasteiger partial charge >= 0.3 is 5.97 Å². The van der Waals surface area contributed by atoms with Crippen molar-refractivity contribution < 1.29 is 19.1 Å².